The topological polar surface area (TPSA) is 81.1 Å². The molecule has 0 saturated heterocycles. The highest BCUT2D eigenvalue weighted by atomic mass is 16.2. The molecule has 0 heterocycles. The van der Waals surface area contributed by atoms with Crippen LogP contribution in [-0.4, -0.2) is 5.91 Å². The lowest BCUT2D eigenvalue weighted by Crippen LogP contribution is -2.13. The van der Waals surface area contributed by atoms with E-state index in [1.54, 1.807) is 6.07 Å². The zero-order valence-corrected chi connectivity index (χ0v) is 8.49. The summed E-state index contributed by atoms with van der Waals surface area (Å²) < 4.78 is 0. The van der Waals surface area contributed by atoms with Crippen LogP contribution in [0.25, 0.3) is 0 Å². The number of hydrogen-bond acceptors (Lipinski definition) is 3. The maximum atomic E-state index is 11.5. The van der Waals surface area contributed by atoms with E-state index in [0.29, 0.717) is 12.2 Å². The molecule has 0 unspecified atom stereocenters. The summed E-state index contributed by atoms with van der Waals surface area (Å²) in [5.74, 6) is 0.301. The summed E-state index contributed by atoms with van der Waals surface area (Å²) in [6.07, 6.45) is 2.00. The number of nitrogens with two attached hydrogens (primary N) is 2. The maximum Gasteiger partial charge on any atom is 0.227 e. The molecule has 5 N–H and O–H groups in total. The minimum absolute atomic E-state index is 0.0925. The van der Waals surface area contributed by atoms with Crippen LogP contribution in [0.1, 0.15) is 18.4 Å². The minimum Gasteiger partial charge on any atom is -0.398 e. The van der Waals surface area contributed by atoms with E-state index < -0.39 is 0 Å². The standard InChI is InChI=1S/C11H15N3O/c12-6-8-3-4-9(5-10(8)13)14-11(15)7-1-2-7/h3-5,7H,1-2,6,12-13H2,(H,14,15). The van der Waals surface area contributed by atoms with Crippen LogP contribution in [0.2, 0.25) is 0 Å². The van der Waals surface area contributed by atoms with Crippen LogP contribution in [0.15, 0.2) is 18.2 Å². The molecule has 1 amide bonds. The quantitative estimate of drug-likeness (QED) is 0.646. The molecule has 1 aliphatic carbocycles. The van der Waals surface area contributed by atoms with Crippen LogP contribution in [0, 0.1) is 5.92 Å². The van der Waals surface area contributed by atoms with E-state index in [4.69, 9.17) is 11.5 Å². The molecule has 1 saturated carbocycles. The highest BCUT2D eigenvalue weighted by molar-refractivity contribution is 5.94. The fourth-order valence-electron chi connectivity index (χ4n) is 1.45. The van der Waals surface area contributed by atoms with Crippen LogP contribution < -0.4 is 16.8 Å². The van der Waals surface area contributed by atoms with Gasteiger partial charge in [0, 0.05) is 23.8 Å². The molecular weight excluding hydrogens is 190 g/mol. The van der Waals surface area contributed by atoms with Crippen LogP contribution in [0.4, 0.5) is 11.4 Å². The number of nitrogen functional groups attached to an aromatic ring is 1. The Morgan fingerprint density at radius 3 is 2.73 bits per heavy atom. The van der Waals surface area contributed by atoms with Crippen molar-refractivity contribution in [2.45, 2.75) is 19.4 Å². The zero-order chi connectivity index (χ0) is 10.8. The van der Waals surface area contributed by atoms with Gasteiger partial charge in [-0.05, 0) is 30.5 Å². The molecule has 0 atom stereocenters. The van der Waals surface area contributed by atoms with Gasteiger partial charge in [-0.1, -0.05) is 6.07 Å². The molecular formula is C11H15N3O. The Bertz CT molecular complexity index is 385. The average molecular weight is 205 g/mol. The number of carbonyl (C=O) groups excluding carboxylic acids is 1. The van der Waals surface area contributed by atoms with Gasteiger partial charge in [-0.15, -0.1) is 0 Å². The van der Waals surface area contributed by atoms with E-state index in [1.165, 1.54) is 0 Å². The van der Waals surface area contributed by atoms with Gasteiger partial charge < -0.3 is 16.8 Å². The van der Waals surface area contributed by atoms with Gasteiger partial charge in [0.15, 0.2) is 0 Å². The van der Waals surface area contributed by atoms with Gasteiger partial charge >= 0.3 is 0 Å². The molecule has 80 valence electrons. The van der Waals surface area contributed by atoms with Gasteiger partial charge in [0.1, 0.15) is 0 Å². The second-order valence-electron chi connectivity index (χ2n) is 3.88. The number of rotatable bonds is 3. The second-order valence-corrected chi connectivity index (χ2v) is 3.88. The van der Waals surface area contributed by atoms with Crippen molar-refractivity contribution in [3.8, 4) is 0 Å². The Kier molecular flexibility index (Phi) is 2.60. The molecule has 0 aromatic heterocycles. The molecule has 15 heavy (non-hydrogen) atoms. The predicted octanol–water partition coefficient (Wildman–Crippen LogP) is 1.08. The van der Waals surface area contributed by atoms with Crippen molar-refractivity contribution in [1.82, 2.24) is 0 Å². The van der Waals surface area contributed by atoms with E-state index >= 15 is 0 Å². The first-order chi connectivity index (χ1) is 7.20. The number of hydrogen-bond donors (Lipinski definition) is 3. The first kappa shape index (κ1) is 9.98. The number of anilines is 2. The largest absolute Gasteiger partial charge is 0.398 e. The van der Waals surface area contributed by atoms with Crippen molar-refractivity contribution in [3.05, 3.63) is 23.8 Å². The Hall–Kier alpha value is -1.55. The Morgan fingerprint density at radius 1 is 1.47 bits per heavy atom. The van der Waals surface area contributed by atoms with E-state index in [0.717, 1.165) is 24.1 Å². The molecule has 1 aliphatic rings. The van der Waals surface area contributed by atoms with Crippen LogP contribution in [0.5, 0.6) is 0 Å². The fourth-order valence-corrected chi connectivity index (χ4v) is 1.45. The van der Waals surface area contributed by atoms with Gasteiger partial charge in [-0.2, -0.15) is 0 Å². The summed E-state index contributed by atoms with van der Waals surface area (Å²) in [6.45, 7) is 0.419. The minimum atomic E-state index is 0.0925. The number of nitrogens with one attached hydrogen (secondary N) is 1. The van der Waals surface area contributed by atoms with Crippen LogP contribution in [-0.2, 0) is 11.3 Å². The van der Waals surface area contributed by atoms with Crippen molar-refractivity contribution in [2.75, 3.05) is 11.1 Å². The number of amides is 1. The summed E-state index contributed by atoms with van der Waals surface area (Å²) in [7, 11) is 0. The zero-order valence-electron chi connectivity index (χ0n) is 8.49. The Morgan fingerprint density at radius 2 is 2.20 bits per heavy atom. The molecule has 4 nitrogen and oxygen atoms in total. The molecule has 0 spiro atoms. The maximum absolute atomic E-state index is 11.5. The fraction of sp³-hybridized carbons (Fsp3) is 0.364. The molecule has 1 aromatic carbocycles. The van der Waals surface area contributed by atoms with Gasteiger partial charge in [-0.25, -0.2) is 0 Å². The molecule has 1 fully saturated rings. The van der Waals surface area contributed by atoms with E-state index in [1.807, 2.05) is 12.1 Å². The van der Waals surface area contributed by atoms with Crippen LogP contribution in [0.3, 0.4) is 0 Å². The van der Waals surface area contributed by atoms with Crippen molar-refractivity contribution < 1.29 is 4.79 Å². The first-order valence-electron chi connectivity index (χ1n) is 5.10. The lowest BCUT2D eigenvalue weighted by molar-refractivity contribution is -0.117. The summed E-state index contributed by atoms with van der Waals surface area (Å²) in [6, 6.07) is 5.43. The highest BCUT2D eigenvalue weighted by Crippen LogP contribution is 2.30. The normalized spacial score (nSPS) is 15.0. The first-order valence-corrected chi connectivity index (χ1v) is 5.10. The molecule has 4 heteroatoms. The lowest BCUT2D eigenvalue weighted by Gasteiger charge is -2.07. The summed E-state index contributed by atoms with van der Waals surface area (Å²) in [4.78, 5) is 11.5. The SMILES string of the molecule is NCc1ccc(NC(=O)C2CC2)cc1N. The summed E-state index contributed by atoms with van der Waals surface area (Å²) in [5, 5.41) is 2.84. The van der Waals surface area contributed by atoms with E-state index in [2.05, 4.69) is 5.32 Å². The summed E-state index contributed by atoms with van der Waals surface area (Å²) >= 11 is 0. The molecule has 2 rings (SSSR count). The van der Waals surface area contributed by atoms with Crippen molar-refractivity contribution >= 4 is 17.3 Å². The smallest absolute Gasteiger partial charge is 0.227 e. The molecule has 0 aliphatic heterocycles. The molecule has 1 aromatic rings. The Labute approximate surface area is 88.6 Å². The predicted molar refractivity (Wildman–Crippen MR) is 60.1 cm³/mol. The van der Waals surface area contributed by atoms with E-state index in [-0.39, 0.29) is 11.8 Å². The molecule has 0 bridgehead atoms. The Balaban J connectivity index is 2.08. The average Bonchev–Trinajstić information content (AvgIpc) is 3.01. The van der Waals surface area contributed by atoms with Crippen molar-refractivity contribution in [2.24, 2.45) is 11.7 Å². The van der Waals surface area contributed by atoms with Gasteiger partial charge in [-0.3, -0.25) is 4.79 Å². The van der Waals surface area contributed by atoms with E-state index in [9.17, 15) is 4.79 Å². The second kappa shape index (κ2) is 3.90. The third-order valence-electron chi connectivity index (χ3n) is 2.58. The third kappa shape index (κ3) is 2.27. The van der Waals surface area contributed by atoms with Gasteiger partial charge in [0.05, 0.1) is 0 Å². The monoisotopic (exact) mass is 205 g/mol. The van der Waals surface area contributed by atoms with Crippen LogP contribution >= 0.6 is 0 Å². The summed E-state index contributed by atoms with van der Waals surface area (Å²) in [5.41, 5.74) is 13.5. The third-order valence-corrected chi connectivity index (χ3v) is 2.58. The molecule has 0 radical (unpaired) electrons. The van der Waals surface area contributed by atoms with Crippen molar-refractivity contribution in [1.29, 1.82) is 0 Å². The number of carbonyl (C=O) groups is 1. The lowest BCUT2D eigenvalue weighted by atomic mass is 10.1. The van der Waals surface area contributed by atoms with Crippen molar-refractivity contribution in [3.63, 3.8) is 0 Å². The number of benzene rings is 1. The highest BCUT2D eigenvalue weighted by Gasteiger charge is 2.29. The van der Waals surface area contributed by atoms with Gasteiger partial charge in [0.2, 0.25) is 5.91 Å². The van der Waals surface area contributed by atoms with Gasteiger partial charge in [0.25, 0.3) is 0 Å².